The van der Waals surface area contributed by atoms with E-state index in [2.05, 4.69) is 20.8 Å². The molecule has 0 aliphatic rings. The summed E-state index contributed by atoms with van der Waals surface area (Å²) in [6.45, 7) is 6.41. The molecule has 0 aromatic carbocycles. The van der Waals surface area contributed by atoms with E-state index in [1.54, 1.807) is 6.08 Å². The fraction of sp³-hybridized carbons (Fsp3) is 0.727. The van der Waals surface area contributed by atoms with Crippen molar-refractivity contribution < 1.29 is 4.79 Å². The molecule has 1 heteroatoms. The van der Waals surface area contributed by atoms with Crippen molar-refractivity contribution in [2.24, 2.45) is 5.92 Å². The molecule has 0 saturated carbocycles. The summed E-state index contributed by atoms with van der Waals surface area (Å²) in [7, 11) is 0. The molecular formula is C11H20O. The van der Waals surface area contributed by atoms with Gasteiger partial charge >= 0.3 is 0 Å². The van der Waals surface area contributed by atoms with Crippen LogP contribution in [0, 0.1) is 5.92 Å². The second kappa shape index (κ2) is 7.08. The maximum atomic E-state index is 11.1. The van der Waals surface area contributed by atoms with Crippen molar-refractivity contribution in [2.45, 2.75) is 46.5 Å². The number of hydrogen-bond donors (Lipinski definition) is 0. The van der Waals surface area contributed by atoms with Gasteiger partial charge in [-0.05, 0) is 24.8 Å². The monoisotopic (exact) mass is 168 g/mol. The van der Waals surface area contributed by atoms with Crippen LogP contribution in [0.5, 0.6) is 0 Å². The van der Waals surface area contributed by atoms with Crippen LogP contribution in [0.4, 0.5) is 0 Å². The van der Waals surface area contributed by atoms with Crippen LogP contribution in [0.25, 0.3) is 0 Å². The Labute approximate surface area is 75.9 Å². The SMILES string of the molecule is CCCCC(=O)C=CCC(C)C. The summed E-state index contributed by atoms with van der Waals surface area (Å²) in [6, 6.07) is 0. The first kappa shape index (κ1) is 11.4. The third-order valence-corrected chi connectivity index (χ3v) is 1.69. The first-order valence-electron chi connectivity index (χ1n) is 4.86. The van der Waals surface area contributed by atoms with Gasteiger partial charge in [-0.2, -0.15) is 0 Å². The Kier molecular flexibility index (Phi) is 6.73. The summed E-state index contributed by atoms with van der Waals surface area (Å²) < 4.78 is 0. The van der Waals surface area contributed by atoms with Gasteiger partial charge in [0.25, 0.3) is 0 Å². The summed E-state index contributed by atoms with van der Waals surface area (Å²) in [6.07, 6.45) is 7.57. The highest BCUT2D eigenvalue weighted by atomic mass is 16.1. The minimum atomic E-state index is 0.275. The molecular weight excluding hydrogens is 148 g/mol. The normalized spacial score (nSPS) is 11.3. The van der Waals surface area contributed by atoms with E-state index >= 15 is 0 Å². The van der Waals surface area contributed by atoms with E-state index < -0.39 is 0 Å². The fourth-order valence-corrected chi connectivity index (χ4v) is 0.906. The zero-order valence-corrected chi connectivity index (χ0v) is 8.47. The van der Waals surface area contributed by atoms with E-state index in [1.807, 2.05) is 6.08 Å². The number of allylic oxidation sites excluding steroid dienone is 2. The highest BCUT2D eigenvalue weighted by molar-refractivity contribution is 5.89. The quantitative estimate of drug-likeness (QED) is 0.556. The lowest BCUT2D eigenvalue weighted by atomic mass is 10.1. The Morgan fingerprint density at radius 1 is 1.42 bits per heavy atom. The molecule has 0 amide bonds. The molecule has 0 saturated heterocycles. The van der Waals surface area contributed by atoms with Crippen molar-refractivity contribution >= 4 is 5.78 Å². The average Bonchev–Trinajstić information content (AvgIpc) is 2.00. The molecule has 0 fully saturated rings. The van der Waals surface area contributed by atoms with Gasteiger partial charge in [-0.15, -0.1) is 0 Å². The second-order valence-corrected chi connectivity index (χ2v) is 3.60. The molecule has 70 valence electrons. The van der Waals surface area contributed by atoms with Crippen LogP contribution in [-0.2, 0) is 4.79 Å². The predicted molar refractivity (Wildman–Crippen MR) is 53.1 cm³/mol. The van der Waals surface area contributed by atoms with Crippen LogP contribution in [0.1, 0.15) is 46.5 Å². The Balaban J connectivity index is 3.47. The van der Waals surface area contributed by atoms with Crippen molar-refractivity contribution in [2.75, 3.05) is 0 Å². The van der Waals surface area contributed by atoms with Gasteiger partial charge < -0.3 is 0 Å². The third-order valence-electron chi connectivity index (χ3n) is 1.69. The molecule has 0 bridgehead atoms. The van der Waals surface area contributed by atoms with Gasteiger partial charge in [0.1, 0.15) is 0 Å². The van der Waals surface area contributed by atoms with Gasteiger partial charge in [0.2, 0.25) is 0 Å². The van der Waals surface area contributed by atoms with Crippen LogP contribution in [0.3, 0.4) is 0 Å². The second-order valence-electron chi connectivity index (χ2n) is 3.60. The summed E-state index contributed by atoms with van der Waals surface area (Å²) >= 11 is 0. The molecule has 0 unspecified atom stereocenters. The molecule has 0 aliphatic carbocycles. The Hall–Kier alpha value is -0.590. The molecule has 0 N–H and O–H groups in total. The van der Waals surface area contributed by atoms with Crippen LogP contribution >= 0.6 is 0 Å². The van der Waals surface area contributed by atoms with Crippen molar-refractivity contribution in [3.05, 3.63) is 12.2 Å². The molecule has 0 aromatic rings. The number of hydrogen-bond acceptors (Lipinski definition) is 1. The van der Waals surface area contributed by atoms with E-state index in [4.69, 9.17) is 0 Å². The number of carbonyl (C=O) groups is 1. The molecule has 0 rings (SSSR count). The third kappa shape index (κ3) is 7.52. The molecule has 1 nitrogen and oxygen atoms in total. The first-order valence-corrected chi connectivity index (χ1v) is 4.86. The van der Waals surface area contributed by atoms with Gasteiger partial charge in [0.05, 0.1) is 0 Å². The van der Waals surface area contributed by atoms with Gasteiger partial charge in [-0.25, -0.2) is 0 Å². The van der Waals surface area contributed by atoms with Crippen molar-refractivity contribution in [3.8, 4) is 0 Å². The topological polar surface area (TPSA) is 17.1 Å². The van der Waals surface area contributed by atoms with Crippen LogP contribution < -0.4 is 0 Å². The predicted octanol–water partition coefficient (Wildman–Crippen LogP) is 3.35. The molecule has 0 spiro atoms. The lowest BCUT2D eigenvalue weighted by Gasteiger charge is -1.96. The van der Waals surface area contributed by atoms with E-state index in [0.717, 1.165) is 19.3 Å². The minimum absolute atomic E-state index is 0.275. The number of ketones is 1. The van der Waals surface area contributed by atoms with E-state index in [1.165, 1.54) is 0 Å². The Morgan fingerprint density at radius 2 is 2.08 bits per heavy atom. The molecule has 0 atom stereocenters. The van der Waals surface area contributed by atoms with Gasteiger partial charge in [-0.3, -0.25) is 4.79 Å². The molecule has 0 heterocycles. The maximum Gasteiger partial charge on any atom is 0.155 e. The van der Waals surface area contributed by atoms with Crippen molar-refractivity contribution in [3.63, 3.8) is 0 Å². The zero-order valence-electron chi connectivity index (χ0n) is 8.47. The smallest absolute Gasteiger partial charge is 0.155 e. The lowest BCUT2D eigenvalue weighted by Crippen LogP contribution is -1.92. The van der Waals surface area contributed by atoms with E-state index in [0.29, 0.717) is 12.3 Å². The highest BCUT2D eigenvalue weighted by Crippen LogP contribution is 2.01. The van der Waals surface area contributed by atoms with Crippen LogP contribution in [0.2, 0.25) is 0 Å². The van der Waals surface area contributed by atoms with Gasteiger partial charge in [0.15, 0.2) is 5.78 Å². The van der Waals surface area contributed by atoms with E-state index in [-0.39, 0.29) is 5.78 Å². The Morgan fingerprint density at radius 3 is 2.58 bits per heavy atom. The van der Waals surface area contributed by atoms with E-state index in [9.17, 15) is 4.79 Å². The summed E-state index contributed by atoms with van der Waals surface area (Å²) in [5, 5.41) is 0. The van der Waals surface area contributed by atoms with Gasteiger partial charge in [-0.1, -0.05) is 33.3 Å². The molecule has 0 aromatic heterocycles. The van der Waals surface area contributed by atoms with Crippen LogP contribution in [-0.4, -0.2) is 5.78 Å². The maximum absolute atomic E-state index is 11.1. The minimum Gasteiger partial charge on any atom is -0.295 e. The summed E-state index contributed by atoms with van der Waals surface area (Å²) in [5.41, 5.74) is 0. The fourth-order valence-electron chi connectivity index (χ4n) is 0.906. The zero-order chi connectivity index (χ0) is 9.40. The lowest BCUT2D eigenvalue weighted by molar-refractivity contribution is -0.114. The van der Waals surface area contributed by atoms with Crippen molar-refractivity contribution in [1.29, 1.82) is 0 Å². The first-order chi connectivity index (χ1) is 5.66. The number of rotatable bonds is 6. The van der Waals surface area contributed by atoms with Crippen molar-refractivity contribution in [1.82, 2.24) is 0 Å². The molecule has 12 heavy (non-hydrogen) atoms. The largest absolute Gasteiger partial charge is 0.295 e. The summed E-state index contributed by atoms with van der Waals surface area (Å²) in [4.78, 5) is 11.1. The number of unbranched alkanes of at least 4 members (excludes halogenated alkanes) is 1. The number of carbonyl (C=O) groups excluding carboxylic acids is 1. The Bertz CT molecular complexity index is 145. The average molecular weight is 168 g/mol. The van der Waals surface area contributed by atoms with Gasteiger partial charge in [0, 0.05) is 6.42 Å². The molecule has 0 aliphatic heterocycles. The summed E-state index contributed by atoms with van der Waals surface area (Å²) in [5.74, 6) is 0.928. The highest BCUT2D eigenvalue weighted by Gasteiger charge is 1.94. The van der Waals surface area contributed by atoms with Crippen LogP contribution in [0.15, 0.2) is 12.2 Å². The standard InChI is InChI=1S/C11H20O/c1-4-5-8-11(12)9-6-7-10(2)3/h6,9-10H,4-5,7-8H2,1-3H3. The molecule has 0 radical (unpaired) electrons.